The molecule has 0 bridgehead atoms. The van der Waals surface area contributed by atoms with Crippen LogP contribution < -0.4 is 10.0 Å². The Morgan fingerprint density at radius 3 is 2.47 bits per heavy atom. The first-order valence-corrected chi connectivity index (χ1v) is 7.02. The Hall–Kier alpha value is -0.170. The van der Waals surface area contributed by atoms with E-state index in [0.717, 1.165) is 25.9 Å². The zero-order valence-corrected chi connectivity index (χ0v) is 10.3. The van der Waals surface area contributed by atoms with Gasteiger partial charge in [-0.2, -0.15) is 0 Å². The van der Waals surface area contributed by atoms with Crippen LogP contribution in [0, 0.1) is 0 Å². The van der Waals surface area contributed by atoms with Crippen LogP contribution in [0.5, 0.6) is 0 Å². The minimum atomic E-state index is -3.05. The largest absolute Gasteiger partial charge is 0.313 e. The first-order chi connectivity index (χ1) is 7.03. The molecular weight excluding hydrogens is 214 g/mol. The van der Waals surface area contributed by atoms with Crippen LogP contribution in [-0.4, -0.2) is 58.8 Å². The van der Waals surface area contributed by atoms with Crippen molar-refractivity contribution in [3.63, 3.8) is 0 Å². The molecule has 0 radical (unpaired) electrons. The summed E-state index contributed by atoms with van der Waals surface area (Å²) in [6, 6.07) is 0.480. The maximum atomic E-state index is 11.1. The van der Waals surface area contributed by atoms with Gasteiger partial charge in [-0.15, -0.1) is 0 Å². The molecular formula is C9H21N3O2S. The number of rotatable bonds is 5. The molecule has 1 aliphatic heterocycles. The van der Waals surface area contributed by atoms with Gasteiger partial charge in [-0.1, -0.05) is 0 Å². The number of piperidine rings is 1. The Morgan fingerprint density at radius 2 is 1.93 bits per heavy atom. The molecule has 0 aromatic heterocycles. The van der Waals surface area contributed by atoms with Crippen molar-refractivity contribution in [2.24, 2.45) is 0 Å². The van der Waals surface area contributed by atoms with Gasteiger partial charge in [0.1, 0.15) is 0 Å². The molecule has 2 N–H and O–H groups in total. The number of nitrogens with one attached hydrogen (secondary N) is 2. The fourth-order valence-corrected chi connectivity index (χ4v) is 2.30. The highest BCUT2D eigenvalue weighted by Crippen LogP contribution is 2.07. The number of nitrogens with zero attached hydrogens (tertiary/aromatic N) is 1. The van der Waals surface area contributed by atoms with Crippen LogP contribution in [0.3, 0.4) is 0 Å². The van der Waals surface area contributed by atoms with Gasteiger partial charge in [0, 0.05) is 12.6 Å². The molecule has 1 fully saturated rings. The summed E-state index contributed by atoms with van der Waals surface area (Å²) in [6.07, 6.45) is 2.21. The average molecular weight is 235 g/mol. The van der Waals surface area contributed by atoms with Gasteiger partial charge < -0.3 is 10.2 Å². The summed E-state index contributed by atoms with van der Waals surface area (Å²) in [5, 5.41) is 3.29. The standard InChI is InChI=1S/C9H21N3O2S/c1-10-15(13,14)8-5-11-9-3-6-12(2)7-4-9/h9-11H,3-8H2,1-2H3. The monoisotopic (exact) mass is 235 g/mol. The second kappa shape index (κ2) is 5.79. The number of sulfonamides is 1. The van der Waals surface area contributed by atoms with Crippen molar-refractivity contribution in [2.75, 3.05) is 39.5 Å². The fourth-order valence-electron chi connectivity index (χ4n) is 1.71. The van der Waals surface area contributed by atoms with Crippen molar-refractivity contribution in [3.8, 4) is 0 Å². The second-order valence-electron chi connectivity index (χ2n) is 4.05. The van der Waals surface area contributed by atoms with Gasteiger partial charge in [0.05, 0.1) is 5.75 Å². The lowest BCUT2D eigenvalue weighted by Crippen LogP contribution is -2.42. The van der Waals surface area contributed by atoms with E-state index in [2.05, 4.69) is 22.0 Å². The van der Waals surface area contributed by atoms with Crippen LogP contribution in [0.4, 0.5) is 0 Å². The first kappa shape index (κ1) is 12.9. The summed E-state index contributed by atoms with van der Waals surface area (Å²) in [6.45, 7) is 2.73. The van der Waals surface area contributed by atoms with Crippen molar-refractivity contribution < 1.29 is 8.42 Å². The lowest BCUT2D eigenvalue weighted by Gasteiger charge is -2.29. The number of hydrogen-bond donors (Lipinski definition) is 2. The van der Waals surface area contributed by atoms with E-state index in [-0.39, 0.29) is 5.75 Å². The molecule has 0 spiro atoms. The maximum Gasteiger partial charge on any atom is 0.212 e. The molecule has 15 heavy (non-hydrogen) atoms. The second-order valence-corrected chi connectivity index (χ2v) is 6.10. The summed E-state index contributed by atoms with van der Waals surface area (Å²) in [5.74, 6) is 0.163. The molecule has 6 heteroatoms. The van der Waals surface area contributed by atoms with Crippen LogP contribution in [0.15, 0.2) is 0 Å². The molecule has 0 atom stereocenters. The molecule has 0 aromatic carbocycles. The Kier molecular flexibility index (Phi) is 4.98. The van der Waals surface area contributed by atoms with Gasteiger partial charge in [0.15, 0.2) is 0 Å². The summed E-state index contributed by atoms with van der Waals surface area (Å²) < 4.78 is 24.6. The molecule has 0 aromatic rings. The quantitative estimate of drug-likeness (QED) is 0.656. The lowest BCUT2D eigenvalue weighted by atomic mass is 10.1. The molecule has 1 rings (SSSR count). The zero-order valence-electron chi connectivity index (χ0n) is 9.49. The minimum absolute atomic E-state index is 0.163. The molecule has 1 heterocycles. The Balaban J connectivity index is 2.16. The molecule has 90 valence electrons. The average Bonchev–Trinajstić information content (AvgIpc) is 2.21. The highest BCUT2D eigenvalue weighted by atomic mass is 32.2. The summed E-state index contributed by atoms with van der Waals surface area (Å²) in [4.78, 5) is 2.29. The highest BCUT2D eigenvalue weighted by Gasteiger charge is 2.16. The maximum absolute atomic E-state index is 11.1. The fraction of sp³-hybridized carbons (Fsp3) is 1.00. The van der Waals surface area contributed by atoms with Crippen molar-refractivity contribution >= 4 is 10.0 Å². The van der Waals surface area contributed by atoms with E-state index < -0.39 is 10.0 Å². The normalized spacial score (nSPS) is 20.7. The third-order valence-corrected chi connectivity index (χ3v) is 4.20. The van der Waals surface area contributed by atoms with Crippen LogP contribution in [-0.2, 0) is 10.0 Å². The first-order valence-electron chi connectivity index (χ1n) is 5.36. The van der Waals surface area contributed by atoms with Crippen LogP contribution >= 0.6 is 0 Å². The van der Waals surface area contributed by atoms with Crippen molar-refractivity contribution in [1.29, 1.82) is 0 Å². The van der Waals surface area contributed by atoms with Crippen LogP contribution in [0.25, 0.3) is 0 Å². The van der Waals surface area contributed by atoms with Gasteiger partial charge in [-0.3, -0.25) is 0 Å². The van der Waals surface area contributed by atoms with Crippen LogP contribution in [0.1, 0.15) is 12.8 Å². The summed E-state index contributed by atoms with van der Waals surface area (Å²) in [7, 11) is 0.508. The minimum Gasteiger partial charge on any atom is -0.313 e. The summed E-state index contributed by atoms with van der Waals surface area (Å²) in [5.41, 5.74) is 0. The molecule has 5 nitrogen and oxygen atoms in total. The Labute approximate surface area is 92.3 Å². The van der Waals surface area contributed by atoms with Gasteiger partial charge in [-0.05, 0) is 40.0 Å². The third-order valence-electron chi connectivity index (χ3n) is 2.83. The predicted molar refractivity (Wildman–Crippen MR) is 61.4 cm³/mol. The smallest absolute Gasteiger partial charge is 0.212 e. The van der Waals surface area contributed by atoms with Crippen molar-refractivity contribution in [1.82, 2.24) is 14.9 Å². The molecule has 1 saturated heterocycles. The van der Waals surface area contributed by atoms with Crippen molar-refractivity contribution in [2.45, 2.75) is 18.9 Å². The summed E-state index contributed by atoms with van der Waals surface area (Å²) >= 11 is 0. The van der Waals surface area contributed by atoms with E-state index >= 15 is 0 Å². The van der Waals surface area contributed by atoms with Gasteiger partial charge in [0.2, 0.25) is 10.0 Å². The topological polar surface area (TPSA) is 61.4 Å². The van der Waals surface area contributed by atoms with Gasteiger partial charge in [-0.25, -0.2) is 13.1 Å². The van der Waals surface area contributed by atoms with Gasteiger partial charge in [0.25, 0.3) is 0 Å². The molecule has 0 aliphatic carbocycles. The lowest BCUT2D eigenvalue weighted by molar-refractivity contribution is 0.236. The molecule has 0 saturated carbocycles. The van der Waals surface area contributed by atoms with E-state index in [1.165, 1.54) is 7.05 Å². The predicted octanol–water partition coefficient (Wildman–Crippen LogP) is -0.781. The van der Waals surface area contributed by atoms with E-state index in [1.54, 1.807) is 0 Å². The number of hydrogen-bond acceptors (Lipinski definition) is 4. The third kappa shape index (κ3) is 4.92. The van der Waals surface area contributed by atoms with Gasteiger partial charge >= 0.3 is 0 Å². The molecule has 1 aliphatic rings. The van der Waals surface area contributed by atoms with E-state index in [0.29, 0.717) is 12.6 Å². The molecule has 0 amide bonds. The Morgan fingerprint density at radius 1 is 1.33 bits per heavy atom. The van der Waals surface area contributed by atoms with Crippen molar-refractivity contribution in [3.05, 3.63) is 0 Å². The number of likely N-dealkylation sites (tertiary alicyclic amines) is 1. The van der Waals surface area contributed by atoms with Crippen LogP contribution in [0.2, 0.25) is 0 Å². The van der Waals surface area contributed by atoms with E-state index in [1.807, 2.05) is 0 Å². The Bertz CT molecular complexity index is 271. The highest BCUT2D eigenvalue weighted by molar-refractivity contribution is 7.89. The zero-order chi connectivity index (χ0) is 11.3. The SMILES string of the molecule is CNS(=O)(=O)CCNC1CCN(C)CC1. The molecule has 0 unspecified atom stereocenters. The van der Waals surface area contributed by atoms with E-state index in [4.69, 9.17) is 0 Å². The van der Waals surface area contributed by atoms with E-state index in [9.17, 15) is 8.42 Å².